The van der Waals surface area contributed by atoms with Crippen LogP contribution in [-0.4, -0.2) is 44.0 Å². The van der Waals surface area contributed by atoms with Crippen LogP contribution in [0.1, 0.15) is 35.1 Å². The maximum Gasteiger partial charge on any atom is 0.231 e. The van der Waals surface area contributed by atoms with E-state index in [1.807, 2.05) is 35.7 Å². The number of carbonyl (C=O) groups excluding carboxylic acids is 2. The van der Waals surface area contributed by atoms with Gasteiger partial charge in [-0.15, -0.1) is 0 Å². The van der Waals surface area contributed by atoms with Crippen LogP contribution in [0.2, 0.25) is 0 Å². The zero-order valence-electron chi connectivity index (χ0n) is 15.7. The summed E-state index contributed by atoms with van der Waals surface area (Å²) < 4.78 is 1.85. The molecule has 1 atom stereocenters. The smallest absolute Gasteiger partial charge is 0.231 e. The van der Waals surface area contributed by atoms with Crippen molar-refractivity contribution in [3.63, 3.8) is 0 Å². The summed E-state index contributed by atoms with van der Waals surface area (Å²) >= 11 is 0. The summed E-state index contributed by atoms with van der Waals surface area (Å²) in [6.07, 6.45) is 5.48. The first-order chi connectivity index (χ1) is 13.4. The van der Waals surface area contributed by atoms with E-state index in [9.17, 15) is 9.59 Å². The van der Waals surface area contributed by atoms with Gasteiger partial charge in [-0.3, -0.25) is 19.5 Å². The van der Waals surface area contributed by atoms with Gasteiger partial charge in [-0.25, -0.2) is 9.98 Å². The van der Waals surface area contributed by atoms with E-state index < -0.39 is 5.54 Å². The molecule has 0 aliphatic carbocycles. The minimum atomic E-state index is -0.851. The third kappa shape index (κ3) is 3.13. The molecule has 3 aromatic rings. The van der Waals surface area contributed by atoms with Crippen LogP contribution in [0.25, 0.3) is 5.52 Å². The highest BCUT2D eigenvalue weighted by Gasteiger charge is 2.37. The highest BCUT2D eigenvalue weighted by atomic mass is 16.2. The fourth-order valence-electron chi connectivity index (χ4n) is 3.30. The predicted molar refractivity (Wildman–Crippen MR) is 104 cm³/mol. The molecule has 4 heterocycles. The molecule has 0 bridgehead atoms. The maximum atomic E-state index is 12.7. The molecule has 3 aromatic heterocycles. The molecule has 0 saturated carbocycles. The molecule has 1 unspecified atom stereocenters. The van der Waals surface area contributed by atoms with Crippen LogP contribution in [-0.2, 0) is 16.8 Å². The molecular formula is C20H20N6O2. The number of ketones is 1. The number of fused-ring (bicyclic) bond motifs is 1. The van der Waals surface area contributed by atoms with E-state index >= 15 is 0 Å². The number of aromatic nitrogens is 3. The number of Topliss-reactive ketones (excluding diaryl/α,β-unsaturated/α-hetero) is 1. The molecule has 0 radical (unpaired) electrons. The highest BCUT2D eigenvalue weighted by molar-refractivity contribution is 5.99. The minimum absolute atomic E-state index is 0.0894. The number of carbonyl (C=O) groups is 2. The van der Waals surface area contributed by atoms with Crippen molar-refractivity contribution in [1.82, 2.24) is 19.3 Å². The van der Waals surface area contributed by atoms with Crippen LogP contribution in [0.4, 0.5) is 0 Å². The van der Waals surface area contributed by atoms with Crippen molar-refractivity contribution in [3.05, 3.63) is 66.0 Å². The number of hydrogen-bond donors (Lipinski definition) is 1. The third-order valence-corrected chi connectivity index (χ3v) is 5.02. The summed E-state index contributed by atoms with van der Waals surface area (Å²) in [7, 11) is 1.60. The van der Waals surface area contributed by atoms with Crippen molar-refractivity contribution in [2.24, 2.45) is 10.7 Å². The van der Waals surface area contributed by atoms with Crippen molar-refractivity contribution < 1.29 is 9.59 Å². The molecule has 142 valence electrons. The van der Waals surface area contributed by atoms with Gasteiger partial charge in [0, 0.05) is 31.4 Å². The first-order valence-electron chi connectivity index (χ1n) is 8.89. The predicted octanol–water partition coefficient (Wildman–Crippen LogP) is 1.55. The fraction of sp³-hybridized carbons (Fsp3) is 0.250. The number of guanidine groups is 1. The van der Waals surface area contributed by atoms with Crippen LogP contribution in [0, 0.1) is 0 Å². The molecule has 8 nitrogen and oxygen atoms in total. The molecule has 0 saturated heterocycles. The molecule has 1 aliphatic heterocycles. The van der Waals surface area contributed by atoms with Crippen molar-refractivity contribution in [2.45, 2.75) is 25.3 Å². The summed E-state index contributed by atoms with van der Waals surface area (Å²) in [6.45, 7) is 1.82. The van der Waals surface area contributed by atoms with Crippen molar-refractivity contribution in [2.75, 3.05) is 7.05 Å². The molecule has 1 aliphatic rings. The fourth-order valence-corrected chi connectivity index (χ4v) is 3.30. The lowest BCUT2D eigenvalue weighted by Crippen LogP contribution is -2.47. The van der Waals surface area contributed by atoms with Gasteiger partial charge >= 0.3 is 0 Å². The number of rotatable bonds is 4. The molecule has 0 spiro atoms. The van der Waals surface area contributed by atoms with E-state index in [4.69, 9.17) is 5.73 Å². The summed E-state index contributed by atoms with van der Waals surface area (Å²) in [5.41, 5.74) is 7.74. The monoisotopic (exact) mass is 376 g/mol. The number of hydrogen-bond acceptors (Lipinski definition) is 6. The Morgan fingerprint density at radius 2 is 2.11 bits per heavy atom. The Hall–Kier alpha value is -3.55. The SMILES string of the molecule is CN1C(=O)CC(C)(c2cc(CC(=O)c3cc4cccn4cn3)ccn2)N=C1N. The number of pyridine rings is 1. The number of aliphatic imine (C=N–C) groups is 1. The quantitative estimate of drug-likeness (QED) is 0.696. The summed E-state index contributed by atoms with van der Waals surface area (Å²) in [5, 5.41) is 0. The Kier molecular flexibility index (Phi) is 4.18. The molecule has 0 aromatic carbocycles. The van der Waals surface area contributed by atoms with Crippen molar-refractivity contribution in [1.29, 1.82) is 0 Å². The molecule has 1 amide bonds. The molecule has 0 fully saturated rings. The standard InChI is InChI=1S/C20H20N6O2/c1-20(11-18(28)25(2)19(21)24-20)17-9-13(5-6-22-17)8-16(27)15-10-14-4-3-7-26(14)12-23-15/h3-7,9-10,12H,8,11H2,1-2H3,(H2,21,24). The van der Waals surface area contributed by atoms with E-state index in [1.165, 1.54) is 4.90 Å². The Labute approximate surface area is 161 Å². The van der Waals surface area contributed by atoms with Crippen LogP contribution >= 0.6 is 0 Å². The Morgan fingerprint density at radius 3 is 2.89 bits per heavy atom. The molecule has 4 rings (SSSR count). The van der Waals surface area contributed by atoms with E-state index in [0.29, 0.717) is 11.4 Å². The zero-order chi connectivity index (χ0) is 19.9. The van der Waals surface area contributed by atoms with Crippen LogP contribution in [0.3, 0.4) is 0 Å². The lowest BCUT2D eigenvalue weighted by Gasteiger charge is -2.32. The summed E-state index contributed by atoms with van der Waals surface area (Å²) in [6, 6.07) is 9.18. The lowest BCUT2D eigenvalue weighted by atomic mass is 9.90. The summed E-state index contributed by atoms with van der Waals surface area (Å²) in [4.78, 5) is 39.3. The first-order valence-corrected chi connectivity index (χ1v) is 8.89. The Balaban J connectivity index is 1.60. The minimum Gasteiger partial charge on any atom is -0.369 e. The van der Waals surface area contributed by atoms with Gasteiger partial charge in [-0.05, 0) is 42.8 Å². The van der Waals surface area contributed by atoms with Gasteiger partial charge in [0.15, 0.2) is 11.7 Å². The van der Waals surface area contributed by atoms with Gasteiger partial charge in [0.05, 0.1) is 18.4 Å². The number of nitrogens with zero attached hydrogens (tertiary/aromatic N) is 5. The zero-order valence-corrected chi connectivity index (χ0v) is 15.7. The second-order valence-electron chi connectivity index (χ2n) is 7.14. The van der Waals surface area contributed by atoms with Gasteiger partial charge in [0.25, 0.3) is 0 Å². The lowest BCUT2D eigenvalue weighted by molar-refractivity contribution is -0.128. The second-order valence-corrected chi connectivity index (χ2v) is 7.14. The largest absolute Gasteiger partial charge is 0.369 e. The van der Waals surface area contributed by atoms with Gasteiger partial charge < -0.3 is 10.1 Å². The topological polar surface area (TPSA) is 106 Å². The number of amides is 1. The molecule has 28 heavy (non-hydrogen) atoms. The van der Waals surface area contributed by atoms with Crippen LogP contribution in [0.15, 0.2) is 54.0 Å². The van der Waals surface area contributed by atoms with E-state index in [-0.39, 0.29) is 30.5 Å². The van der Waals surface area contributed by atoms with Crippen LogP contribution < -0.4 is 5.73 Å². The van der Waals surface area contributed by atoms with Crippen molar-refractivity contribution >= 4 is 23.2 Å². The third-order valence-electron chi connectivity index (χ3n) is 5.02. The Morgan fingerprint density at radius 1 is 1.29 bits per heavy atom. The first kappa shape index (κ1) is 17.8. The average molecular weight is 376 g/mol. The van der Waals surface area contributed by atoms with E-state index in [0.717, 1.165) is 11.1 Å². The second kappa shape index (κ2) is 6.56. The van der Waals surface area contributed by atoms with Gasteiger partial charge in [0.1, 0.15) is 11.2 Å². The van der Waals surface area contributed by atoms with Gasteiger partial charge in [-0.1, -0.05) is 0 Å². The molecule has 2 N–H and O–H groups in total. The summed E-state index contributed by atoms with van der Waals surface area (Å²) in [5.74, 6) is -0.0526. The van der Waals surface area contributed by atoms with E-state index in [1.54, 1.807) is 31.7 Å². The highest BCUT2D eigenvalue weighted by Crippen LogP contribution is 2.31. The van der Waals surface area contributed by atoms with Crippen LogP contribution in [0.5, 0.6) is 0 Å². The molecule has 8 heteroatoms. The maximum absolute atomic E-state index is 12.7. The van der Waals surface area contributed by atoms with Gasteiger partial charge in [-0.2, -0.15) is 0 Å². The normalized spacial score (nSPS) is 19.7. The van der Waals surface area contributed by atoms with Crippen molar-refractivity contribution in [3.8, 4) is 0 Å². The molecular weight excluding hydrogens is 356 g/mol. The number of nitrogens with two attached hydrogens (primary N) is 1. The Bertz CT molecular complexity index is 1120. The average Bonchev–Trinajstić information content (AvgIpc) is 3.14. The van der Waals surface area contributed by atoms with Gasteiger partial charge in [0.2, 0.25) is 5.91 Å². The van der Waals surface area contributed by atoms with E-state index in [2.05, 4.69) is 15.0 Å².